The maximum atomic E-state index is 5.55. The van der Waals surface area contributed by atoms with Gasteiger partial charge in [0.05, 0.1) is 19.3 Å². The van der Waals surface area contributed by atoms with Gasteiger partial charge in [-0.25, -0.2) is 4.98 Å². The lowest BCUT2D eigenvalue weighted by Crippen LogP contribution is -2.55. The van der Waals surface area contributed by atoms with Crippen LogP contribution < -0.4 is 9.64 Å². The molecule has 1 unspecified atom stereocenters. The summed E-state index contributed by atoms with van der Waals surface area (Å²) in [7, 11) is 1.76. The fourth-order valence-corrected chi connectivity index (χ4v) is 4.67. The molecule has 1 aromatic heterocycles. The Morgan fingerprint density at radius 3 is 2.71 bits per heavy atom. The molecule has 3 heterocycles. The van der Waals surface area contributed by atoms with Crippen LogP contribution in [0.1, 0.15) is 25.6 Å². The Bertz CT molecular complexity index is 753. The number of aryl methyl sites for hydroxylation is 1. The number of likely N-dealkylation sites (tertiary alicyclic amines) is 1. The molecule has 0 radical (unpaired) electrons. The van der Waals surface area contributed by atoms with Crippen LogP contribution in [0.5, 0.6) is 5.75 Å². The number of piperazine rings is 1. The summed E-state index contributed by atoms with van der Waals surface area (Å²) in [6.45, 7) is 10.9. The highest BCUT2D eigenvalue weighted by molar-refractivity contribution is 5.58. The predicted octanol–water partition coefficient (Wildman–Crippen LogP) is 2.70. The third-order valence-corrected chi connectivity index (χ3v) is 6.24. The standard InChI is InChI=1S/C22H33N5O/c1-3-25-12-10-23-22(25)18-24-11-6-7-19(17-24)26-13-15-27(16-14-26)20-8-4-5-9-21(20)28-2/h4-5,8-10,12,19H,3,6-7,11,13-18H2,1-2H3. The largest absolute Gasteiger partial charge is 0.495 e. The van der Waals surface area contributed by atoms with Crippen molar-refractivity contribution in [3.8, 4) is 5.75 Å². The minimum atomic E-state index is 0.665. The quantitative estimate of drug-likeness (QED) is 0.767. The van der Waals surface area contributed by atoms with Crippen LogP contribution in [0.3, 0.4) is 0 Å². The van der Waals surface area contributed by atoms with Gasteiger partial charge >= 0.3 is 0 Å². The van der Waals surface area contributed by atoms with E-state index < -0.39 is 0 Å². The lowest BCUT2D eigenvalue weighted by Gasteiger charge is -2.44. The van der Waals surface area contributed by atoms with Gasteiger partial charge in [0.1, 0.15) is 11.6 Å². The molecule has 0 bridgehead atoms. The molecule has 2 aliphatic rings. The molecule has 0 saturated carbocycles. The second-order valence-electron chi connectivity index (χ2n) is 7.86. The highest BCUT2D eigenvalue weighted by atomic mass is 16.5. The lowest BCUT2D eigenvalue weighted by molar-refractivity contribution is 0.0867. The highest BCUT2D eigenvalue weighted by Gasteiger charge is 2.29. The summed E-state index contributed by atoms with van der Waals surface area (Å²) in [5.74, 6) is 2.18. The van der Waals surface area contributed by atoms with Crippen molar-refractivity contribution in [2.24, 2.45) is 0 Å². The first-order valence-electron chi connectivity index (χ1n) is 10.6. The highest BCUT2D eigenvalue weighted by Crippen LogP contribution is 2.29. The number of benzene rings is 1. The minimum absolute atomic E-state index is 0.665. The summed E-state index contributed by atoms with van der Waals surface area (Å²) in [5, 5.41) is 0. The topological polar surface area (TPSA) is 36.8 Å². The van der Waals surface area contributed by atoms with Gasteiger partial charge < -0.3 is 14.2 Å². The SMILES string of the molecule is CCn1ccnc1CN1CCCC(N2CCN(c3ccccc3OC)CC2)C1. The summed E-state index contributed by atoms with van der Waals surface area (Å²) in [6.07, 6.45) is 6.61. The fourth-order valence-electron chi connectivity index (χ4n) is 4.67. The zero-order chi connectivity index (χ0) is 19.3. The summed E-state index contributed by atoms with van der Waals surface area (Å²) in [5.41, 5.74) is 1.22. The first-order valence-corrected chi connectivity index (χ1v) is 10.6. The monoisotopic (exact) mass is 383 g/mol. The van der Waals surface area contributed by atoms with Crippen molar-refractivity contribution >= 4 is 5.69 Å². The molecule has 2 aromatic rings. The zero-order valence-electron chi connectivity index (χ0n) is 17.3. The normalized spacial score (nSPS) is 21.8. The van der Waals surface area contributed by atoms with E-state index in [2.05, 4.69) is 55.6 Å². The van der Waals surface area contributed by atoms with Gasteiger partial charge in [-0.05, 0) is 38.4 Å². The third-order valence-electron chi connectivity index (χ3n) is 6.24. The number of rotatable bonds is 6. The molecule has 6 heteroatoms. The Hall–Kier alpha value is -2.05. The Labute approximate surface area is 168 Å². The van der Waals surface area contributed by atoms with Gasteiger partial charge in [-0.15, -0.1) is 0 Å². The van der Waals surface area contributed by atoms with Crippen molar-refractivity contribution in [2.75, 3.05) is 51.3 Å². The molecule has 0 spiro atoms. The average molecular weight is 384 g/mol. The molecule has 152 valence electrons. The number of hydrogen-bond donors (Lipinski definition) is 0. The van der Waals surface area contributed by atoms with Gasteiger partial charge in [0.25, 0.3) is 0 Å². The van der Waals surface area contributed by atoms with Crippen LogP contribution in [-0.4, -0.2) is 71.8 Å². The van der Waals surface area contributed by atoms with Crippen LogP contribution in [0.15, 0.2) is 36.7 Å². The van der Waals surface area contributed by atoms with Gasteiger partial charge in [0, 0.05) is 57.7 Å². The summed E-state index contributed by atoms with van der Waals surface area (Å²) < 4.78 is 7.81. The number of ether oxygens (including phenoxy) is 1. The van der Waals surface area contributed by atoms with E-state index in [0.29, 0.717) is 6.04 Å². The lowest BCUT2D eigenvalue weighted by atomic mass is 10.0. The molecule has 0 amide bonds. The summed E-state index contributed by atoms with van der Waals surface area (Å²) >= 11 is 0. The molecule has 0 N–H and O–H groups in total. The second kappa shape index (κ2) is 8.97. The molecule has 2 saturated heterocycles. The maximum Gasteiger partial charge on any atom is 0.142 e. The van der Waals surface area contributed by atoms with Crippen LogP contribution in [0.2, 0.25) is 0 Å². The van der Waals surface area contributed by atoms with Gasteiger partial charge in [0.2, 0.25) is 0 Å². The van der Waals surface area contributed by atoms with Crippen LogP contribution in [-0.2, 0) is 13.1 Å². The molecule has 1 atom stereocenters. The number of imidazole rings is 1. The first kappa shape index (κ1) is 19.3. The number of methoxy groups -OCH3 is 1. The van der Waals surface area contributed by atoms with Crippen molar-refractivity contribution in [1.29, 1.82) is 0 Å². The average Bonchev–Trinajstić information content (AvgIpc) is 3.21. The van der Waals surface area contributed by atoms with E-state index in [1.54, 1.807) is 7.11 Å². The Morgan fingerprint density at radius 2 is 1.93 bits per heavy atom. The Kier molecular flexibility index (Phi) is 6.17. The molecule has 2 aliphatic heterocycles. The van der Waals surface area contributed by atoms with Crippen molar-refractivity contribution in [3.63, 3.8) is 0 Å². The van der Waals surface area contributed by atoms with Crippen molar-refractivity contribution < 1.29 is 4.74 Å². The van der Waals surface area contributed by atoms with E-state index in [1.807, 2.05) is 12.3 Å². The van der Waals surface area contributed by atoms with Crippen molar-refractivity contribution in [2.45, 2.75) is 38.9 Å². The third kappa shape index (κ3) is 4.18. The molecule has 4 rings (SSSR count). The maximum absolute atomic E-state index is 5.55. The predicted molar refractivity (Wildman–Crippen MR) is 113 cm³/mol. The smallest absolute Gasteiger partial charge is 0.142 e. The first-order chi connectivity index (χ1) is 13.8. The molecular weight excluding hydrogens is 350 g/mol. The molecule has 6 nitrogen and oxygen atoms in total. The molecule has 28 heavy (non-hydrogen) atoms. The molecular formula is C22H33N5O. The van der Waals surface area contributed by atoms with Gasteiger partial charge in [-0.1, -0.05) is 12.1 Å². The van der Waals surface area contributed by atoms with E-state index in [-0.39, 0.29) is 0 Å². The second-order valence-corrected chi connectivity index (χ2v) is 7.86. The van der Waals surface area contributed by atoms with Crippen LogP contribution in [0.4, 0.5) is 5.69 Å². The Morgan fingerprint density at radius 1 is 1.11 bits per heavy atom. The Balaban J connectivity index is 1.33. The number of nitrogens with zero attached hydrogens (tertiary/aromatic N) is 5. The number of anilines is 1. The van der Waals surface area contributed by atoms with E-state index in [4.69, 9.17) is 4.74 Å². The minimum Gasteiger partial charge on any atom is -0.495 e. The zero-order valence-corrected chi connectivity index (χ0v) is 17.3. The van der Waals surface area contributed by atoms with Crippen molar-refractivity contribution in [3.05, 3.63) is 42.5 Å². The number of hydrogen-bond acceptors (Lipinski definition) is 5. The summed E-state index contributed by atoms with van der Waals surface area (Å²) in [4.78, 5) is 12.3. The van der Waals surface area contributed by atoms with Gasteiger partial charge in [0.15, 0.2) is 0 Å². The van der Waals surface area contributed by atoms with E-state index in [0.717, 1.165) is 51.6 Å². The van der Waals surface area contributed by atoms with E-state index >= 15 is 0 Å². The van der Waals surface area contributed by atoms with Crippen LogP contribution in [0, 0.1) is 0 Å². The van der Waals surface area contributed by atoms with Gasteiger partial charge in [-0.3, -0.25) is 9.80 Å². The molecule has 2 fully saturated rings. The van der Waals surface area contributed by atoms with Crippen molar-refractivity contribution in [1.82, 2.24) is 19.4 Å². The number of aromatic nitrogens is 2. The van der Waals surface area contributed by atoms with Gasteiger partial charge in [-0.2, -0.15) is 0 Å². The molecule has 0 aliphatic carbocycles. The van der Waals surface area contributed by atoms with Crippen LogP contribution >= 0.6 is 0 Å². The van der Waals surface area contributed by atoms with Crippen LogP contribution in [0.25, 0.3) is 0 Å². The number of piperidine rings is 1. The summed E-state index contributed by atoms with van der Waals surface area (Å²) in [6, 6.07) is 9.04. The van der Waals surface area contributed by atoms with E-state index in [1.165, 1.54) is 30.9 Å². The fraction of sp³-hybridized carbons (Fsp3) is 0.591. The van der Waals surface area contributed by atoms with E-state index in [9.17, 15) is 0 Å². The molecule has 1 aromatic carbocycles. The number of para-hydroxylation sites is 2.